The van der Waals surface area contributed by atoms with E-state index in [0.29, 0.717) is 17.9 Å². The first-order valence-electron chi connectivity index (χ1n) is 13.9. The Balaban J connectivity index is 0.969. The van der Waals surface area contributed by atoms with Gasteiger partial charge in [-0.3, -0.25) is 34.1 Å². The lowest BCUT2D eigenvalue weighted by molar-refractivity contribution is -0.136. The van der Waals surface area contributed by atoms with Crippen molar-refractivity contribution in [1.29, 1.82) is 0 Å². The van der Waals surface area contributed by atoms with E-state index in [2.05, 4.69) is 39.0 Å². The van der Waals surface area contributed by atoms with E-state index in [1.54, 1.807) is 18.2 Å². The van der Waals surface area contributed by atoms with Crippen LogP contribution in [0.2, 0.25) is 0 Å². The molecule has 1 atom stereocenters. The zero-order chi connectivity index (χ0) is 27.4. The summed E-state index contributed by atoms with van der Waals surface area (Å²) >= 11 is 0. The minimum absolute atomic E-state index is 0.101. The van der Waals surface area contributed by atoms with Crippen molar-refractivity contribution in [3.63, 3.8) is 0 Å². The minimum Gasteiger partial charge on any atom is -0.385 e. The predicted molar refractivity (Wildman–Crippen MR) is 147 cm³/mol. The van der Waals surface area contributed by atoms with E-state index >= 15 is 0 Å². The number of benzene rings is 2. The van der Waals surface area contributed by atoms with Gasteiger partial charge in [0.05, 0.1) is 28.6 Å². The van der Waals surface area contributed by atoms with E-state index in [1.807, 2.05) is 18.2 Å². The molecule has 3 fully saturated rings. The van der Waals surface area contributed by atoms with Crippen LogP contribution in [0.25, 0.3) is 0 Å². The van der Waals surface area contributed by atoms with Gasteiger partial charge in [-0.25, -0.2) is 0 Å². The number of nitrogens with one attached hydrogen (secondary N) is 3. The molecule has 3 aromatic rings. The second-order valence-corrected chi connectivity index (χ2v) is 11.3. The summed E-state index contributed by atoms with van der Waals surface area (Å²) in [6.07, 6.45) is 6.79. The Morgan fingerprint density at radius 3 is 2.42 bits per heavy atom. The van der Waals surface area contributed by atoms with Crippen molar-refractivity contribution in [2.24, 2.45) is 5.92 Å². The largest absolute Gasteiger partial charge is 0.385 e. The third kappa shape index (κ3) is 4.43. The van der Waals surface area contributed by atoms with Crippen LogP contribution in [0, 0.1) is 5.92 Å². The smallest absolute Gasteiger partial charge is 0.262 e. The van der Waals surface area contributed by atoms with Gasteiger partial charge in [0.1, 0.15) is 6.04 Å². The molecule has 1 saturated heterocycles. The van der Waals surface area contributed by atoms with Gasteiger partial charge < -0.3 is 10.6 Å². The molecule has 0 bridgehead atoms. The van der Waals surface area contributed by atoms with Crippen molar-refractivity contribution in [2.45, 2.75) is 56.5 Å². The van der Waals surface area contributed by atoms with Crippen molar-refractivity contribution >= 4 is 40.7 Å². The molecule has 1 unspecified atom stereocenters. The quantitative estimate of drug-likeness (QED) is 0.371. The van der Waals surface area contributed by atoms with Crippen molar-refractivity contribution < 1.29 is 19.2 Å². The molecule has 2 aliphatic heterocycles. The van der Waals surface area contributed by atoms with Crippen LogP contribution < -0.4 is 16.0 Å². The van der Waals surface area contributed by atoms with Gasteiger partial charge in [-0.05, 0) is 68.4 Å². The number of rotatable bonds is 8. The van der Waals surface area contributed by atoms with Crippen LogP contribution in [-0.4, -0.2) is 50.9 Å². The molecular weight excluding hydrogens is 508 g/mol. The van der Waals surface area contributed by atoms with Gasteiger partial charge in [0.25, 0.3) is 11.8 Å². The third-order valence-corrected chi connectivity index (χ3v) is 8.40. The number of amides is 4. The standard InChI is InChI=1S/C30H30N6O4/c37-26-11-10-25(28(38)33-26)36-29(39)22-9-8-20(14-23(22)30(36)40)31-15-17-12-21(13-17)35-16-24(27(34-35)18-6-7-18)32-19-4-2-1-3-5-19/h1-5,8-9,14,16-18,21,25,31-32H,6-7,10-13,15H2,(H,33,37,38). The Kier molecular flexibility index (Phi) is 5.91. The summed E-state index contributed by atoms with van der Waals surface area (Å²) in [6.45, 7) is 0.750. The highest BCUT2D eigenvalue weighted by molar-refractivity contribution is 6.23. The van der Waals surface area contributed by atoms with Gasteiger partial charge >= 0.3 is 0 Å². The molecule has 10 nitrogen and oxygen atoms in total. The Morgan fingerprint density at radius 1 is 0.900 bits per heavy atom. The molecule has 7 rings (SSSR count). The molecule has 3 heterocycles. The Bertz CT molecular complexity index is 1520. The maximum atomic E-state index is 13.1. The number of piperidine rings is 1. The average molecular weight is 539 g/mol. The summed E-state index contributed by atoms with van der Waals surface area (Å²) < 4.78 is 2.12. The minimum atomic E-state index is -0.959. The van der Waals surface area contributed by atoms with Gasteiger partial charge in [-0.2, -0.15) is 5.10 Å². The summed E-state index contributed by atoms with van der Waals surface area (Å²) in [5.41, 5.74) is 4.66. The number of carbonyl (C=O) groups is 4. The first-order chi connectivity index (χ1) is 19.4. The Labute approximate surface area is 231 Å². The van der Waals surface area contributed by atoms with Gasteiger partial charge in [0.2, 0.25) is 11.8 Å². The van der Waals surface area contributed by atoms with Crippen molar-refractivity contribution in [1.82, 2.24) is 20.0 Å². The molecule has 2 aliphatic carbocycles. The summed E-state index contributed by atoms with van der Waals surface area (Å²) in [4.78, 5) is 50.8. The molecule has 3 N–H and O–H groups in total. The van der Waals surface area contributed by atoms with Crippen LogP contribution in [0.3, 0.4) is 0 Å². The number of para-hydroxylation sites is 1. The summed E-state index contributed by atoms with van der Waals surface area (Å²) in [5, 5.41) is 14.2. The maximum Gasteiger partial charge on any atom is 0.262 e. The van der Waals surface area contributed by atoms with E-state index < -0.39 is 23.8 Å². The molecule has 0 spiro atoms. The van der Waals surface area contributed by atoms with Gasteiger partial charge in [-0.15, -0.1) is 0 Å². The molecule has 40 heavy (non-hydrogen) atoms. The van der Waals surface area contributed by atoms with E-state index in [-0.39, 0.29) is 29.9 Å². The van der Waals surface area contributed by atoms with Crippen molar-refractivity contribution in [2.75, 3.05) is 17.2 Å². The molecule has 204 valence electrons. The number of carbonyl (C=O) groups excluding carboxylic acids is 4. The van der Waals surface area contributed by atoms with E-state index in [0.717, 1.165) is 47.0 Å². The summed E-state index contributed by atoms with van der Waals surface area (Å²) in [7, 11) is 0. The fourth-order valence-electron chi connectivity index (χ4n) is 5.95. The Morgan fingerprint density at radius 2 is 1.68 bits per heavy atom. The zero-order valence-electron chi connectivity index (χ0n) is 21.9. The highest BCUT2D eigenvalue weighted by atomic mass is 16.2. The van der Waals surface area contributed by atoms with Gasteiger partial charge in [0.15, 0.2) is 0 Å². The SMILES string of the molecule is O=C1CCC(N2C(=O)c3ccc(NCC4CC(n5cc(Nc6ccccc6)c(C6CC6)n5)C4)cc3C2=O)C(=O)N1. The number of fused-ring (bicyclic) bond motifs is 1. The number of hydrogen-bond acceptors (Lipinski definition) is 7. The molecule has 1 aromatic heterocycles. The topological polar surface area (TPSA) is 125 Å². The van der Waals surface area contributed by atoms with Crippen LogP contribution in [0.1, 0.15) is 76.9 Å². The normalized spacial score (nSPS) is 24.0. The lowest BCUT2D eigenvalue weighted by Crippen LogP contribution is -2.54. The van der Waals surface area contributed by atoms with E-state index in [4.69, 9.17) is 5.10 Å². The number of hydrogen-bond donors (Lipinski definition) is 3. The van der Waals surface area contributed by atoms with Crippen LogP contribution in [0.5, 0.6) is 0 Å². The molecule has 4 aliphatic rings. The molecule has 4 amide bonds. The molecule has 2 aromatic carbocycles. The van der Waals surface area contributed by atoms with E-state index in [9.17, 15) is 19.2 Å². The second-order valence-electron chi connectivity index (χ2n) is 11.3. The van der Waals surface area contributed by atoms with Crippen LogP contribution in [0.15, 0.2) is 54.7 Å². The molecule has 10 heteroatoms. The fourth-order valence-corrected chi connectivity index (χ4v) is 5.95. The maximum absolute atomic E-state index is 13.1. The lowest BCUT2D eigenvalue weighted by atomic mass is 9.80. The van der Waals surface area contributed by atoms with Crippen LogP contribution in [0.4, 0.5) is 17.1 Å². The number of nitrogens with zero attached hydrogens (tertiary/aromatic N) is 3. The third-order valence-electron chi connectivity index (χ3n) is 8.40. The monoisotopic (exact) mass is 538 g/mol. The summed E-state index contributed by atoms with van der Waals surface area (Å²) in [6, 6.07) is 14.7. The Hall–Kier alpha value is -4.47. The highest BCUT2D eigenvalue weighted by Crippen LogP contribution is 2.45. The van der Waals surface area contributed by atoms with Crippen molar-refractivity contribution in [3.8, 4) is 0 Å². The van der Waals surface area contributed by atoms with Crippen LogP contribution in [-0.2, 0) is 9.59 Å². The zero-order valence-corrected chi connectivity index (χ0v) is 21.9. The number of imide groups is 2. The first kappa shape index (κ1) is 24.6. The number of anilines is 3. The fraction of sp³-hybridized carbons (Fsp3) is 0.367. The molecule has 0 radical (unpaired) electrons. The highest BCUT2D eigenvalue weighted by Gasteiger charge is 2.44. The van der Waals surface area contributed by atoms with Crippen LogP contribution >= 0.6 is 0 Å². The number of aromatic nitrogens is 2. The lowest BCUT2D eigenvalue weighted by Gasteiger charge is -2.35. The van der Waals surface area contributed by atoms with E-state index in [1.165, 1.54) is 12.8 Å². The predicted octanol–water partition coefficient (Wildman–Crippen LogP) is 3.97. The average Bonchev–Trinajstić information content (AvgIpc) is 3.64. The van der Waals surface area contributed by atoms with Gasteiger partial charge in [0, 0.05) is 36.5 Å². The molecule has 2 saturated carbocycles. The molecular formula is C30H30N6O4. The first-order valence-corrected chi connectivity index (χ1v) is 13.9. The summed E-state index contributed by atoms with van der Waals surface area (Å²) in [5.74, 6) is -0.962. The second kappa shape index (κ2) is 9.62. The van der Waals surface area contributed by atoms with Gasteiger partial charge in [-0.1, -0.05) is 18.2 Å². The van der Waals surface area contributed by atoms with Crippen molar-refractivity contribution in [3.05, 3.63) is 71.5 Å².